The first-order valence-electron chi connectivity index (χ1n) is 12.1. The van der Waals surface area contributed by atoms with Gasteiger partial charge in [-0.15, -0.1) is 0 Å². The third-order valence-corrected chi connectivity index (χ3v) is 5.74. The van der Waals surface area contributed by atoms with E-state index in [1.165, 1.54) is 25.5 Å². The predicted octanol–water partition coefficient (Wildman–Crippen LogP) is 2.39. The predicted molar refractivity (Wildman–Crippen MR) is 145 cm³/mol. The highest BCUT2D eigenvalue weighted by Crippen LogP contribution is 2.34. The molecule has 1 aliphatic heterocycles. The van der Waals surface area contributed by atoms with Gasteiger partial charge in [-0.05, 0) is 37.6 Å². The number of hydrogen-bond acceptors (Lipinski definition) is 10. The second kappa shape index (κ2) is 13.1. The maximum absolute atomic E-state index is 12.6. The molecule has 212 valence electrons. The van der Waals surface area contributed by atoms with Gasteiger partial charge in [-0.1, -0.05) is 6.07 Å². The van der Waals surface area contributed by atoms with Crippen LogP contribution in [-0.4, -0.2) is 63.5 Å². The van der Waals surface area contributed by atoms with Crippen LogP contribution in [0.2, 0.25) is 0 Å². The summed E-state index contributed by atoms with van der Waals surface area (Å²) in [5.41, 5.74) is 4.47. The number of nitrogens with zero attached hydrogens (tertiary/aromatic N) is 3. The Morgan fingerprint density at radius 2 is 1.95 bits per heavy atom. The molecule has 0 aliphatic carbocycles. The maximum atomic E-state index is 12.6. The summed E-state index contributed by atoms with van der Waals surface area (Å²) in [5.74, 6) is -0.669. The molecular formula is C26H30N6O8. The van der Waals surface area contributed by atoms with Gasteiger partial charge in [0.2, 0.25) is 0 Å². The van der Waals surface area contributed by atoms with Crippen LogP contribution >= 0.6 is 0 Å². The van der Waals surface area contributed by atoms with Crippen molar-refractivity contribution in [3.05, 3.63) is 68.9 Å². The number of allylic oxidation sites excluding steroid dienone is 1. The molecule has 0 spiro atoms. The summed E-state index contributed by atoms with van der Waals surface area (Å²) < 4.78 is 16.1. The van der Waals surface area contributed by atoms with Crippen LogP contribution in [0.25, 0.3) is 0 Å². The van der Waals surface area contributed by atoms with Crippen LogP contribution in [0.1, 0.15) is 31.0 Å². The number of nitrogens with one attached hydrogen (secondary N) is 3. The lowest BCUT2D eigenvalue weighted by atomic mass is 9.95. The number of rotatable bonds is 11. The molecule has 1 atom stereocenters. The molecule has 3 rings (SSSR count). The minimum absolute atomic E-state index is 0.110. The molecule has 1 aliphatic rings. The number of anilines is 1. The molecule has 3 N–H and O–H groups in total. The van der Waals surface area contributed by atoms with E-state index in [0.29, 0.717) is 22.5 Å². The Kier molecular flexibility index (Phi) is 9.62. The normalized spacial score (nSPS) is 14.7. The van der Waals surface area contributed by atoms with Gasteiger partial charge in [0.15, 0.2) is 18.1 Å². The largest absolute Gasteiger partial charge is 0.493 e. The fraction of sp³-hybridized carbons (Fsp3) is 0.308. The van der Waals surface area contributed by atoms with E-state index < -0.39 is 35.5 Å². The van der Waals surface area contributed by atoms with Gasteiger partial charge in [-0.3, -0.25) is 14.9 Å². The van der Waals surface area contributed by atoms with Gasteiger partial charge in [0.05, 0.1) is 36.5 Å². The zero-order valence-corrected chi connectivity index (χ0v) is 22.6. The van der Waals surface area contributed by atoms with Crippen LogP contribution in [0, 0.1) is 10.1 Å². The topological polar surface area (TPSA) is 174 Å². The van der Waals surface area contributed by atoms with E-state index >= 15 is 0 Å². The highest BCUT2D eigenvalue weighted by atomic mass is 16.6. The van der Waals surface area contributed by atoms with E-state index in [4.69, 9.17) is 14.2 Å². The summed E-state index contributed by atoms with van der Waals surface area (Å²) in [6, 6.07) is 7.80. The second-order valence-corrected chi connectivity index (χ2v) is 8.68. The molecule has 40 heavy (non-hydrogen) atoms. The zero-order valence-electron chi connectivity index (χ0n) is 22.6. The van der Waals surface area contributed by atoms with E-state index in [9.17, 15) is 24.5 Å². The van der Waals surface area contributed by atoms with E-state index in [1.807, 2.05) is 0 Å². The molecule has 0 unspecified atom stereocenters. The van der Waals surface area contributed by atoms with Crippen molar-refractivity contribution >= 4 is 35.5 Å². The van der Waals surface area contributed by atoms with Crippen LogP contribution in [0.5, 0.6) is 11.5 Å². The van der Waals surface area contributed by atoms with Crippen molar-refractivity contribution in [3.8, 4) is 11.5 Å². The number of carbonyl (C=O) groups is 3. The lowest BCUT2D eigenvalue weighted by molar-refractivity contribution is -0.384. The van der Waals surface area contributed by atoms with Gasteiger partial charge >= 0.3 is 12.0 Å². The van der Waals surface area contributed by atoms with E-state index in [2.05, 4.69) is 21.2 Å². The first-order chi connectivity index (χ1) is 19.0. The van der Waals surface area contributed by atoms with Crippen LogP contribution in [-0.2, 0) is 14.3 Å². The lowest BCUT2D eigenvalue weighted by Crippen LogP contribution is -2.45. The Balaban J connectivity index is 1.71. The number of hydrogen-bond donors (Lipinski definition) is 3. The Bertz CT molecular complexity index is 1370. The smallest absolute Gasteiger partial charge is 0.338 e. The molecular weight excluding hydrogens is 524 g/mol. The molecule has 14 heteroatoms. The van der Waals surface area contributed by atoms with E-state index in [1.54, 1.807) is 57.1 Å². The first-order valence-corrected chi connectivity index (χ1v) is 12.1. The molecule has 0 radical (unpaired) electrons. The number of methoxy groups -OCH3 is 1. The van der Waals surface area contributed by atoms with Crippen molar-refractivity contribution in [1.82, 2.24) is 16.1 Å². The Morgan fingerprint density at radius 3 is 2.60 bits per heavy atom. The number of esters is 1. The maximum Gasteiger partial charge on any atom is 0.338 e. The average molecular weight is 555 g/mol. The molecule has 1 heterocycles. The van der Waals surface area contributed by atoms with E-state index in [-0.39, 0.29) is 29.4 Å². The van der Waals surface area contributed by atoms with Crippen molar-refractivity contribution in [2.45, 2.75) is 19.9 Å². The molecule has 3 amide bonds. The number of ether oxygens (including phenoxy) is 3. The first kappa shape index (κ1) is 29.4. The van der Waals surface area contributed by atoms with Crippen LogP contribution in [0.15, 0.2) is 52.8 Å². The highest BCUT2D eigenvalue weighted by molar-refractivity contribution is 5.95. The third kappa shape index (κ3) is 7.03. The second-order valence-electron chi connectivity index (χ2n) is 8.68. The fourth-order valence-corrected chi connectivity index (χ4v) is 3.92. The van der Waals surface area contributed by atoms with Crippen molar-refractivity contribution in [2.75, 3.05) is 39.3 Å². The SMILES string of the molecule is CCOC(=O)C1=C(C)NC(=O)N[C@@H]1c1ccc(OCC(=O)N/N=C\c2cc([N+](=O)[O-])ccc2N(C)C)c(OC)c1. The summed E-state index contributed by atoms with van der Waals surface area (Å²) in [6.07, 6.45) is 1.31. The van der Waals surface area contributed by atoms with Crippen molar-refractivity contribution in [2.24, 2.45) is 5.10 Å². The van der Waals surface area contributed by atoms with Gasteiger partial charge < -0.3 is 29.7 Å². The van der Waals surface area contributed by atoms with Crippen molar-refractivity contribution in [1.29, 1.82) is 0 Å². The summed E-state index contributed by atoms with van der Waals surface area (Å²) in [6.45, 7) is 3.04. The minimum atomic E-state index is -0.797. The molecule has 0 aromatic heterocycles. The molecule has 0 fully saturated rings. The number of amides is 3. The summed E-state index contributed by atoms with van der Waals surface area (Å²) in [5, 5.41) is 20.3. The average Bonchev–Trinajstić information content (AvgIpc) is 2.91. The number of nitro benzene ring substituents is 1. The van der Waals surface area contributed by atoms with Gasteiger partial charge in [0, 0.05) is 43.2 Å². The third-order valence-electron chi connectivity index (χ3n) is 5.74. The number of carbonyl (C=O) groups excluding carboxylic acids is 3. The number of hydrazone groups is 1. The quantitative estimate of drug-likeness (QED) is 0.163. The molecule has 2 aromatic rings. The summed E-state index contributed by atoms with van der Waals surface area (Å²) >= 11 is 0. The molecule has 0 bridgehead atoms. The summed E-state index contributed by atoms with van der Waals surface area (Å²) in [7, 11) is 4.96. The zero-order chi connectivity index (χ0) is 29.4. The Labute approximate surface area is 230 Å². The number of nitro groups is 1. The molecule has 0 saturated heterocycles. The van der Waals surface area contributed by atoms with Gasteiger partial charge in [-0.25, -0.2) is 15.0 Å². The minimum Gasteiger partial charge on any atom is -0.493 e. The fourth-order valence-electron chi connectivity index (χ4n) is 3.92. The van der Waals surface area contributed by atoms with Crippen LogP contribution in [0.4, 0.5) is 16.2 Å². The lowest BCUT2D eigenvalue weighted by Gasteiger charge is -2.28. The van der Waals surface area contributed by atoms with Crippen LogP contribution in [0.3, 0.4) is 0 Å². The Hall–Kier alpha value is -5.14. The number of non-ortho nitro benzene ring substituents is 1. The van der Waals surface area contributed by atoms with E-state index in [0.717, 1.165) is 0 Å². The van der Waals surface area contributed by atoms with Crippen molar-refractivity contribution in [3.63, 3.8) is 0 Å². The number of urea groups is 1. The molecule has 0 saturated carbocycles. The van der Waals surface area contributed by atoms with Gasteiger partial charge in [0.25, 0.3) is 11.6 Å². The monoisotopic (exact) mass is 554 g/mol. The molecule has 2 aromatic carbocycles. The van der Waals surface area contributed by atoms with Crippen molar-refractivity contribution < 1.29 is 33.5 Å². The van der Waals surface area contributed by atoms with Gasteiger partial charge in [-0.2, -0.15) is 5.10 Å². The number of benzene rings is 2. The highest BCUT2D eigenvalue weighted by Gasteiger charge is 2.32. The van der Waals surface area contributed by atoms with Gasteiger partial charge in [0.1, 0.15) is 0 Å². The molecule has 14 nitrogen and oxygen atoms in total. The standard InChI is InChI=1S/C26H30N6O8/c1-6-39-25(34)23-15(2)28-26(35)29-24(23)16-7-10-20(21(12-16)38-5)40-14-22(33)30-27-13-17-11-18(32(36)37)8-9-19(17)31(3)4/h7-13,24H,6,14H2,1-5H3,(H,30,33)(H2,28,29,35)/b27-13-/t24-/m1/s1. The Morgan fingerprint density at radius 1 is 1.20 bits per heavy atom. The van der Waals surface area contributed by atoms with Crippen LogP contribution < -0.4 is 30.4 Å². The summed E-state index contributed by atoms with van der Waals surface area (Å²) in [4.78, 5) is 49.4.